The zero-order chi connectivity index (χ0) is 16.8. The van der Waals surface area contributed by atoms with Crippen molar-refractivity contribution in [1.29, 1.82) is 0 Å². The Morgan fingerprint density at radius 2 is 1.87 bits per heavy atom. The van der Waals surface area contributed by atoms with E-state index >= 15 is 0 Å². The summed E-state index contributed by atoms with van der Waals surface area (Å²) in [6.45, 7) is 2.43. The molecule has 0 fully saturated rings. The first-order chi connectivity index (χ1) is 11.1. The van der Waals surface area contributed by atoms with Crippen LogP contribution in [0.1, 0.15) is 12.5 Å². The fraction of sp³-hybridized carbons (Fsp3) is 0.294. The monoisotopic (exact) mass is 316 g/mol. The van der Waals surface area contributed by atoms with Crippen molar-refractivity contribution in [3.8, 4) is 11.5 Å². The van der Waals surface area contributed by atoms with E-state index in [1.54, 1.807) is 38.6 Å². The van der Waals surface area contributed by atoms with Crippen molar-refractivity contribution in [2.24, 2.45) is 0 Å². The van der Waals surface area contributed by atoms with Crippen LogP contribution in [0.2, 0.25) is 0 Å². The van der Waals surface area contributed by atoms with Gasteiger partial charge >= 0.3 is 0 Å². The largest absolute Gasteiger partial charge is 0.493 e. The maximum Gasteiger partial charge on any atom is 0.250 e. The molecule has 0 saturated carbocycles. The average molecular weight is 316 g/mol. The van der Waals surface area contributed by atoms with Crippen LogP contribution in [0.5, 0.6) is 11.5 Å². The van der Waals surface area contributed by atoms with Crippen LogP contribution in [0.3, 0.4) is 0 Å². The van der Waals surface area contributed by atoms with Gasteiger partial charge in [-0.15, -0.1) is 0 Å². The van der Waals surface area contributed by atoms with Crippen LogP contribution in [-0.4, -0.2) is 24.7 Å². The molecule has 1 heterocycles. The maximum absolute atomic E-state index is 12.1. The SMILES string of the molecule is CCn1cc(NC(=O)Cc2ccc(OC)c(OC)c2)ccc1=O. The minimum Gasteiger partial charge on any atom is -0.493 e. The first-order valence-electron chi connectivity index (χ1n) is 7.28. The predicted octanol–water partition coefficient (Wildman–Crippen LogP) is 2.07. The molecule has 0 spiro atoms. The van der Waals surface area contributed by atoms with Crippen molar-refractivity contribution in [2.75, 3.05) is 19.5 Å². The summed E-state index contributed by atoms with van der Waals surface area (Å²) in [5.41, 5.74) is 1.31. The Bertz CT molecular complexity index is 752. The predicted molar refractivity (Wildman–Crippen MR) is 88.3 cm³/mol. The standard InChI is InChI=1S/C17H20N2O4/c1-4-19-11-13(6-8-17(19)21)18-16(20)10-12-5-7-14(22-2)15(9-12)23-3/h5-9,11H,4,10H2,1-3H3,(H,18,20). The number of aryl methyl sites for hydroxylation is 1. The van der Waals surface area contributed by atoms with E-state index in [9.17, 15) is 9.59 Å². The third-order valence-electron chi connectivity index (χ3n) is 3.42. The number of hydrogen-bond donors (Lipinski definition) is 1. The number of hydrogen-bond acceptors (Lipinski definition) is 4. The molecule has 6 nitrogen and oxygen atoms in total. The Morgan fingerprint density at radius 1 is 1.13 bits per heavy atom. The van der Waals surface area contributed by atoms with Gasteiger partial charge in [-0.3, -0.25) is 9.59 Å². The summed E-state index contributed by atoms with van der Waals surface area (Å²) in [5, 5.41) is 2.79. The molecule has 1 aromatic heterocycles. The molecule has 6 heteroatoms. The van der Waals surface area contributed by atoms with Gasteiger partial charge in [0.15, 0.2) is 11.5 Å². The van der Waals surface area contributed by atoms with Crippen LogP contribution in [0, 0.1) is 0 Å². The first-order valence-corrected chi connectivity index (χ1v) is 7.28. The van der Waals surface area contributed by atoms with Crippen molar-refractivity contribution in [1.82, 2.24) is 4.57 Å². The average Bonchev–Trinajstić information content (AvgIpc) is 2.56. The fourth-order valence-corrected chi connectivity index (χ4v) is 2.23. The summed E-state index contributed by atoms with van der Waals surface area (Å²) in [4.78, 5) is 23.7. The smallest absolute Gasteiger partial charge is 0.250 e. The van der Waals surface area contributed by atoms with E-state index in [0.717, 1.165) is 5.56 Å². The highest BCUT2D eigenvalue weighted by Gasteiger charge is 2.09. The third-order valence-corrected chi connectivity index (χ3v) is 3.42. The van der Waals surface area contributed by atoms with Crippen LogP contribution in [0.4, 0.5) is 5.69 Å². The highest BCUT2D eigenvalue weighted by Crippen LogP contribution is 2.27. The highest BCUT2D eigenvalue weighted by molar-refractivity contribution is 5.92. The lowest BCUT2D eigenvalue weighted by atomic mass is 10.1. The number of nitrogens with one attached hydrogen (secondary N) is 1. The first kappa shape index (κ1) is 16.6. The van der Waals surface area contributed by atoms with Gasteiger partial charge in [0.25, 0.3) is 5.56 Å². The molecule has 0 bridgehead atoms. The third kappa shape index (κ3) is 4.12. The Balaban J connectivity index is 2.09. The van der Waals surface area contributed by atoms with E-state index in [0.29, 0.717) is 23.7 Å². The second-order valence-corrected chi connectivity index (χ2v) is 4.96. The number of carbonyl (C=O) groups excluding carboxylic acids is 1. The van der Waals surface area contributed by atoms with Crippen LogP contribution < -0.4 is 20.3 Å². The number of anilines is 1. The molecule has 0 saturated heterocycles. The van der Waals surface area contributed by atoms with Crippen LogP contribution in [-0.2, 0) is 17.8 Å². The number of ether oxygens (including phenoxy) is 2. The van der Waals surface area contributed by atoms with Gasteiger partial charge < -0.3 is 19.4 Å². The molecule has 1 aromatic carbocycles. The molecule has 0 aliphatic rings. The van der Waals surface area contributed by atoms with Crippen molar-refractivity contribution >= 4 is 11.6 Å². The Hall–Kier alpha value is -2.76. The zero-order valence-corrected chi connectivity index (χ0v) is 13.5. The number of amides is 1. The number of carbonyl (C=O) groups is 1. The van der Waals surface area contributed by atoms with E-state index in [-0.39, 0.29) is 17.9 Å². The highest BCUT2D eigenvalue weighted by atomic mass is 16.5. The fourth-order valence-electron chi connectivity index (χ4n) is 2.23. The molecule has 2 aromatic rings. The van der Waals surface area contributed by atoms with Gasteiger partial charge in [0.05, 0.1) is 26.3 Å². The molecule has 0 unspecified atom stereocenters. The van der Waals surface area contributed by atoms with E-state index in [1.807, 2.05) is 13.0 Å². The summed E-state index contributed by atoms with van der Waals surface area (Å²) in [5.74, 6) is 1.03. The number of methoxy groups -OCH3 is 2. The second kappa shape index (κ2) is 7.49. The summed E-state index contributed by atoms with van der Waals surface area (Å²) in [7, 11) is 3.11. The molecule has 122 valence electrons. The van der Waals surface area contributed by atoms with Gasteiger partial charge in [-0.2, -0.15) is 0 Å². The normalized spacial score (nSPS) is 10.2. The maximum atomic E-state index is 12.1. The zero-order valence-electron chi connectivity index (χ0n) is 13.5. The van der Waals surface area contributed by atoms with E-state index < -0.39 is 0 Å². The minimum absolute atomic E-state index is 0.0922. The van der Waals surface area contributed by atoms with Gasteiger partial charge in [-0.05, 0) is 30.7 Å². The van der Waals surface area contributed by atoms with Crippen LogP contribution in [0.25, 0.3) is 0 Å². The Labute approximate surface area is 134 Å². The Morgan fingerprint density at radius 3 is 2.52 bits per heavy atom. The molecule has 0 aliphatic carbocycles. The number of nitrogens with zero attached hydrogens (tertiary/aromatic N) is 1. The summed E-state index contributed by atoms with van der Waals surface area (Å²) in [6.07, 6.45) is 1.83. The van der Waals surface area contributed by atoms with Gasteiger partial charge in [-0.1, -0.05) is 6.07 Å². The van der Waals surface area contributed by atoms with Crippen molar-refractivity contribution in [3.63, 3.8) is 0 Å². The quantitative estimate of drug-likeness (QED) is 0.886. The molecule has 0 radical (unpaired) electrons. The summed E-state index contributed by atoms with van der Waals surface area (Å²) < 4.78 is 11.9. The molecule has 1 amide bonds. The van der Waals surface area contributed by atoms with E-state index in [2.05, 4.69) is 5.32 Å². The molecule has 0 atom stereocenters. The number of aromatic nitrogens is 1. The second-order valence-electron chi connectivity index (χ2n) is 4.96. The molecule has 1 N–H and O–H groups in total. The lowest BCUT2D eigenvalue weighted by molar-refractivity contribution is -0.115. The Kier molecular flexibility index (Phi) is 5.41. The van der Waals surface area contributed by atoms with Crippen LogP contribution in [0.15, 0.2) is 41.3 Å². The molecular formula is C17H20N2O4. The minimum atomic E-state index is -0.168. The van der Waals surface area contributed by atoms with Crippen molar-refractivity contribution in [2.45, 2.75) is 19.9 Å². The molecular weight excluding hydrogens is 296 g/mol. The molecule has 2 rings (SSSR count). The van der Waals surface area contributed by atoms with Crippen molar-refractivity contribution in [3.05, 3.63) is 52.4 Å². The van der Waals surface area contributed by atoms with E-state index in [4.69, 9.17) is 9.47 Å². The van der Waals surface area contributed by atoms with Gasteiger partial charge in [0.1, 0.15) is 0 Å². The van der Waals surface area contributed by atoms with Gasteiger partial charge in [-0.25, -0.2) is 0 Å². The lowest BCUT2D eigenvalue weighted by Gasteiger charge is -2.10. The number of pyridine rings is 1. The number of rotatable bonds is 6. The van der Waals surface area contributed by atoms with Gasteiger partial charge in [0.2, 0.25) is 5.91 Å². The summed E-state index contributed by atoms with van der Waals surface area (Å²) >= 11 is 0. The van der Waals surface area contributed by atoms with Crippen LogP contribution >= 0.6 is 0 Å². The van der Waals surface area contributed by atoms with E-state index in [1.165, 1.54) is 10.6 Å². The lowest BCUT2D eigenvalue weighted by Crippen LogP contribution is -2.20. The molecule has 23 heavy (non-hydrogen) atoms. The van der Waals surface area contributed by atoms with Gasteiger partial charge in [0, 0.05) is 18.8 Å². The topological polar surface area (TPSA) is 69.6 Å². The molecule has 0 aliphatic heterocycles. The number of benzene rings is 1. The van der Waals surface area contributed by atoms with Crippen molar-refractivity contribution < 1.29 is 14.3 Å². The summed E-state index contributed by atoms with van der Waals surface area (Å²) in [6, 6.07) is 8.38.